The van der Waals surface area contributed by atoms with E-state index in [0.29, 0.717) is 26.2 Å². The van der Waals surface area contributed by atoms with Crippen molar-refractivity contribution in [2.24, 2.45) is 0 Å². The second-order valence-electron chi connectivity index (χ2n) is 4.68. The van der Waals surface area contributed by atoms with Crippen LogP contribution in [0.2, 0.25) is 5.02 Å². The zero-order chi connectivity index (χ0) is 14.7. The number of amides is 1. The average molecular weight is 303 g/mol. The van der Waals surface area contributed by atoms with Gasteiger partial charge in [-0.05, 0) is 17.7 Å². The number of carboxylic acid groups (broad SMARTS) is 1. The lowest BCUT2D eigenvalue weighted by molar-refractivity contribution is 0.0627. The molecule has 0 bridgehead atoms. The molecule has 1 amide bonds. The van der Waals surface area contributed by atoms with E-state index in [1.54, 1.807) is 6.07 Å². The van der Waals surface area contributed by atoms with E-state index in [9.17, 15) is 14.3 Å². The van der Waals surface area contributed by atoms with Crippen molar-refractivity contribution in [3.8, 4) is 0 Å². The van der Waals surface area contributed by atoms with E-state index in [0.717, 1.165) is 5.56 Å². The van der Waals surface area contributed by atoms with E-state index >= 15 is 0 Å². The predicted molar refractivity (Wildman–Crippen MR) is 72.4 cm³/mol. The molecule has 0 aromatic heterocycles. The van der Waals surface area contributed by atoms with Gasteiger partial charge in [-0.15, -0.1) is 0 Å². The van der Waals surface area contributed by atoms with Crippen LogP contribution in [0.1, 0.15) is 11.6 Å². The number of nitrogens with zero attached hydrogens (tertiary/aromatic N) is 2. The third kappa shape index (κ3) is 3.20. The highest BCUT2D eigenvalue weighted by atomic mass is 35.5. The Balaban J connectivity index is 2.09. The first-order valence-corrected chi connectivity index (χ1v) is 6.68. The Morgan fingerprint density at radius 1 is 1.35 bits per heavy atom. The number of benzene rings is 1. The fourth-order valence-corrected chi connectivity index (χ4v) is 2.57. The van der Waals surface area contributed by atoms with Crippen LogP contribution in [0.15, 0.2) is 18.2 Å². The smallest absolute Gasteiger partial charge is 0.407 e. The van der Waals surface area contributed by atoms with Gasteiger partial charge in [0, 0.05) is 26.2 Å². The lowest BCUT2D eigenvalue weighted by Crippen LogP contribution is -2.49. The van der Waals surface area contributed by atoms with Crippen molar-refractivity contribution in [3.05, 3.63) is 34.6 Å². The molecule has 20 heavy (non-hydrogen) atoms. The molecule has 0 aliphatic carbocycles. The van der Waals surface area contributed by atoms with Gasteiger partial charge in [-0.2, -0.15) is 0 Å². The molecule has 1 unspecified atom stereocenters. The van der Waals surface area contributed by atoms with Crippen molar-refractivity contribution in [1.29, 1.82) is 0 Å². The maximum Gasteiger partial charge on any atom is 0.407 e. The third-order valence-electron chi connectivity index (χ3n) is 3.53. The van der Waals surface area contributed by atoms with E-state index in [2.05, 4.69) is 0 Å². The number of halogens is 2. The van der Waals surface area contributed by atoms with Crippen LogP contribution in [0, 0.1) is 5.82 Å². The first-order valence-electron chi connectivity index (χ1n) is 6.30. The van der Waals surface area contributed by atoms with Crippen molar-refractivity contribution in [2.45, 2.75) is 6.04 Å². The fraction of sp³-hybridized carbons (Fsp3) is 0.462. The molecule has 2 rings (SSSR count). The number of hydrogen-bond acceptors (Lipinski definition) is 3. The molecule has 0 radical (unpaired) electrons. The summed E-state index contributed by atoms with van der Waals surface area (Å²) in [6, 6.07) is 4.06. The molecule has 1 aliphatic heterocycles. The molecule has 110 valence electrons. The van der Waals surface area contributed by atoms with Gasteiger partial charge >= 0.3 is 6.09 Å². The summed E-state index contributed by atoms with van der Waals surface area (Å²) < 4.78 is 13.2. The summed E-state index contributed by atoms with van der Waals surface area (Å²) in [7, 11) is 0. The predicted octanol–water partition coefficient (Wildman–Crippen LogP) is 1.81. The number of aliphatic hydroxyl groups excluding tert-OH is 1. The maximum absolute atomic E-state index is 13.2. The Morgan fingerprint density at radius 3 is 2.50 bits per heavy atom. The highest BCUT2D eigenvalue weighted by Gasteiger charge is 2.26. The normalized spacial score (nSPS) is 18.1. The van der Waals surface area contributed by atoms with Gasteiger partial charge in [0.25, 0.3) is 0 Å². The van der Waals surface area contributed by atoms with Gasteiger partial charge in [-0.25, -0.2) is 9.18 Å². The molecule has 1 heterocycles. The third-order valence-corrected chi connectivity index (χ3v) is 3.82. The van der Waals surface area contributed by atoms with Gasteiger partial charge in [0.05, 0.1) is 17.7 Å². The number of aliphatic hydroxyl groups is 1. The molecule has 5 nitrogen and oxygen atoms in total. The van der Waals surface area contributed by atoms with Crippen LogP contribution in [0.5, 0.6) is 0 Å². The molecule has 1 aromatic rings. The molecule has 7 heteroatoms. The molecule has 0 spiro atoms. The molecular formula is C13H16ClFN2O3. The van der Waals surface area contributed by atoms with E-state index in [1.807, 2.05) is 4.90 Å². The van der Waals surface area contributed by atoms with Crippen LogP contribution in [0.25, 0.3) is 0 Å². The highest BCUT2D eigenvalue weighted by molar-refractivity contribution is 6.30. The maximum atomic E-state index is 13.2. The number of carbonyl (C=O) groups is 1. The monoisotopic (exact) mass is 302 g/mol. The SMILES string of the molecule is O=C(O)N1CCN(C(CO)c2ccc(F)c(Cl)c2)CC1. The Labute approximate surface area is 121 Å². The van der Waals surface area contributed by atoms with Crippen LogP contribution in [-0.2, 0) is 0 Å². The number of hydrogen-bond donors (Lipinski definition) is 2. The van der Waals surface area contributed by atoms with E-state index in [4.69, 9.17) is 16.7 Å². The second kappa shape index (κ2) is 6.39. The fourth-order valence-electron chi connectivity index (χ4n) is 2.38. The summed E-state index contributed by atoms with van der Waals surface area (Å²) >= 11 is 5.76. The molecule has 2 N–H and O–H groups in total. The van der Waals surface area contributed by atoms with Gasteiger partial charge in [-0.1, -0.05) is 17.7 Å². The molecule has 1 saturated heterocycles. The van der Waals surface area contributed by atoms with Crippen molar-refractivity contribution < 1.29 is 19.4 Å². The first-order chi connectivity index (χ1) is 9.52. The van der Waals surface area contributed by atoms with E-state index < -0.39 is 11.9 Å². The van der Waals surface area contributed by atoms with Gasteiger partial charge < -0.3 is 15.1 Å². The Morgan fingerprint density at radius 2 is 2.00 bits per heavy atom. The topological polar surface area (TPSA) is 64.0 Å². The first kappa shape index (κ1) is 15.0. The molecule has 0 saturated carbocycles. The van der Waals surface area contributed by atoms with Gasteiger partial charge in [0.15, 0.2) is 0 Å². The van der Waals surface area contributed by atoms with Crippen LogP contribution >= 0.6 is 11.6 Å². The summed E-state index contributed by atoms with van der Waals surface area (Å²) in [5, 5.41) is 18.5. The van der Waals surface area contributed by atoms with Crippen molar-refractivity contribution in [3.63, 3.8) is 0 Å². The quantitative estimate of drug-likeness (QED) is 0.894. The van der Waals surface area contributed by atoms with Crippen LogP contribution in [-0.4, -0.2) is 58.9 Å². The van der Waals surface area contributed by atoms with Gasteiger partial charge in [-0.3, -0.25) is 4.90 Å². The largest absolute Gasteiger partial charge is 0.465 e. The minimum absolute atomic E-state index is 0.0186. The minimum Gasteiger partial charge on any atom is -0.465 e. The Hall–Kier alpha value is -1.37. The van der Waals surface area contributed by atoms with Gasteiger partial charge in [0.1, 0.15) is 5.82 Å². The number of rotatable bonds is 3. The summed E-state index contributed by atoms with van der Waals surface area (Å²) in [5.41, 5.74) is 0.725. The van der Waals surface area contributed by atoms with Crippen LogP contribution in [0.3, 0.4) is 0 Å². The summed E-state index contributed by atoms with van der Waals surface area (Å²) in [6.45, 7) is 1.69. The second-order valence-corrected chi connectivity index (χ2v) is 5.08. The van der Waals surface area contributed by atoms with E-state index in [-0.39, 0.29) is 17.7 Å². The van der Waals surface area contributed by atoms with Crippen molar-refractivity contribution >= 4 is 17.7 Å². The highest BCUT2D eigenvalue weighted by Crippen LogP contribution is 2.25. The van der Waals surface area contributed by atoms with E-state index in [1.165, 1.54) is 17.0 Å². The zero-order valence-electron chi connectivity index (χ0n) is 10.8. The van der Waals surface area contributed by atoms with Gasteiger partial charge in [0.2, 0.25) is 0 Å². The lowest BCUT2D eigenvalue weighted by atomic mass is 10.0. The summed E-state index contributed by atoms with van der Waals surface area (Å²) in [5.74, 6) is -0.497. The van der Waals surface area contributed by atoms with Crippen LogP contribution < -0.4 is 0 Å². The molecular weight excluding hydrogens is 287 g/mol. The lowest BCUT2D eigenvalue weighted by Gasteiger charge is -2.37. The van der Waals surface area contributed by atoms with Crippen LogP contribution in [0.4, 0.5) is 9.18 Å². The molecule has 1 aliphatic rings. The van der Waals surface area contributed by atoms with Crippen molar-refractivity contribution in [2.75, 3.05) is 32.8 Å². The molecule has 1 atom stereocenters. The standard InChI is InChI=1S/C13H16ClFN2O3/c14-10-7-9(1-2-11(10)15)12(8-18)16-3-5-17(6-4-16)13(19)20/h1-2,7,12,18H,3-6,8H2,(H,19,20). The Bertz CT molecular complexity index is 493. The minimum atomic E-state index is -0.935. The zero-order valence-corrected chi connectivity index (χ0v) is 11.6. The Kier molecular flexibility index (Phi) is 4.80. The molecule has 1 aromatic carbocycles. The summed E-state index contributed by atoms with van der Waals surface area (Å²) in [6.07, 6.45) is -0.935. The number of piperazine rings is 1. The molecule has 1 fully saturated rings. The average Bonchev–Trinajstić information content (AvgIpc) is 2.44. The summed E-state index contributed by atoms with van der Waals surface area (Å²) in [4.78, 5) is 14.2. The van der Waals surface area contributed by atoms with Crippen molar-refractivity contribution in [1.82, 2.24) is 9.80 Å².